The van der Waals surface area contributed by atoms with Gasteiger partial charge < -0.3 is 5.11 Å². The summed E-state index contributed by atoms with van der Waals surface area (Å²) in [5.41, 5.74) is 4.17. The lowest BCUT2D eigenvalue weighted by molar-refractivity contribution is 0.512. The van der Waals surface area contributed by atoms with E-state index >= 15 is 0 Å². The number of rotatable bonds is 3. The summed E-state index contributed by atoms with van der Waals surface area (Å²) in [4.78, 5) is 0. The minimum atomic E-state index is -0.488. The third-order valence-corrected chi connectivity index (χ3v) is 5.18. The van der Waals surface area contributed by atoms with Gasteiger partial charge in [-0.1, -0.05) is 55.8 Å². The summed E-state index contributed by atoms with van der Waals surface area (Å²) in [5, 5.41) is 12.9. The van der Waals surface area contributed by atoms with Crippen LogP contribution in [0.15, 0.2) is 43.0 Å². The van der Waals surface area contributed by atoms with E-state index in [1.54, 1.807) is 12.1 Å². The Morgan fingerprint density at radius 3 is 2.35 bits per heavy atom. The molecule has 0 atom stereocenters. The Hall–Kier alpha value is -2.03. The number of hydrogen-bond acceptors (Lipinski definition) is 1. The van der Waals surface area contributed by atoms with Gasteiger partial charge in [-0.25, -0.2) is 4.39 Å². The van der Waals surface area contributed by atoms with Gasteiger partial charge in [0, 0.05) is 16.1 Å². The summed E-state index contributed by atoms with van der Waals surface area (Å²) < 4.78 is 13.7. The Labute approximate surface area is 162 Å². The van der Waals surface area contributed by atoms with Crippen molar-refractivity contribution in [3.05, 3.63) is 75.5 Å². The summed E-state index contributed by atoms with van der Waals surface area (Å²) in [7, 11) is 0. The van der Waals surface area contributed by atoms with Gasteiger partial charge >= 0.3 is 0 Å². The standard InChI is InChI=1S/C22H19Cl2FO/c1-11(2)20-12(3)16-7-6-15(23)10-17(16)22(21(20)13(4)26)14-5-8-19(25)18(24)9-14/h5-11,26H,4H2,1-3H3. The number of halogens is 3. The van der Waals surface area contributed by atoms with Crippen LogP contribution in [0.3, 0.4) is 0 Å². The van der Waals surface area contributed by atoms with E-state index in [1.807, 2.05) is 25.1 Å². The molecule has 0 aliphatic rings. The first kappa shape index (κ1) is 18.8. The van der Waals surface area contributed by atoms with E-state index < -0.39 is 5.82 Å². The fourth-order valence-corrected chi connectivity index (χ4v) is 3.98. The second-order valence-electron chi connectivity index (χ2n) is 6.71. The highest BCUT2D eigenvalue weighted by Gasteiger charge is 2.22. The zero-order valence-electron chi connectivity index (χ0n) is 14.8. The van der Waals surface area contributed by atoms with E-state index in [2.05, 4.69) is 20.4 Å². The largest absolute Gasteiger partial charge is 0.508 e. The Bertz CT molecular complexity index is 1040. The van der Waals surface area contributed by atoms with Gasteiger partial charge in [0.1, 0.15) is 11.6 Å². The highest BCUT2D eigenvalue weighted by atomic mass is 35.5. The van der Waals surface area contributed by atoms with Crippen molar-refractivity contribution in [3.63, 3.8) is 0 Å². The Kier molecular flexibility index (Phi) is 5.01. The fourth-order valence-electron chi connectivity index (χ4n) is 3.63. The highest BCUT2D eigenvalue weighted by molar-refractivity contribution is 6.32. The first-order valence-corrected chi connectivity index (χ1v) is 9.07. The van der Waals surface area contributed by atoms with Crippen LogP contribution in [-0.4, -0.2) is 5.11 Å². The Balaban J connectivity index is 2.58. The molecule has 0 aliphatic carbocycles. The third-order valence-electron chi connectivity index (χ3n) is 4.65. The molecule has 0 saturated heterocycles. The van der Waals surface area contributed by atoms with Crippen LogP contribution >= 0.6 is 23.2 Å². The van der Waals surface area contributed by atoms with Gasteiger partial charge in [0.05, 0.1) is 5.02 Å². The normalized spacial score (nSPS) is 11.3. The number of aliphatic hydroxyl groups excluding tert-OH is 1. The van der Waals surface area contributed by atoms with Crippen LogP contribution in [0, 0.1) is 12.7 Å². The van der Waals surface area contributed by atoms with Gasteiger partial charge in [0.2, 0.25) is 0 Å². The van der Waals surface area contributed by atoms with E-state index in [4.69, 9.17) is 23.2 Å². The number of aliphatic hydroxyl groups is 1. The maximum atomic E-state index is 13.7. The summed E-state index contributed by atoms with van der Waals surface area (Å²) >= 11 is 12.3. The molecule has 3 aromatic carbocycles. The van der Waals surface area contributed by atoms with Crippen LogP contribution in [0.2, 0.25) is 10.0 Å². The molecule has 0 fully saturated rings. The molecule has 134 valence electrons. The molecular formula is C22H19Cl2FO. The zero-order valence-corrected chi connectivity index (χ0v) is 16.3. The van der Waals surface area contributed by atoms with Crippen molar-refractivity contribution in [1.82, 2.24) is 0 Å². The molecule has 1 N–H and O–H groups in total. The van der Waals surface area contributed by atoms with E-state index in [-0.39, 0.29) is 16.7 Å². The van der Waals surface area contributed by atoms with E-state index in [1.165, 1.54) is 6.07 Å². The van der Waals surface area contributed by atoms with Gasteiger partial charge in [-0.2, -0.15) is 0 Å². The SMILES string of the molecule is C=C(O)c1c(C(C)C)c(C)c2ccc(Cl)cc2c1-c1ccc(F)c(Cl)c1. The second kappa shape index (κ2) is 6.94. The van der Waals surface area contributed by atoms with E-state index in [9.17, 15) is 9.50 Å². The van der Waals surface area contributed by atoms with Crippen LogP contribution in [0.25, 0.3) is 27.7 Å². The number of fused-ring (bicyclic) bond motifs is 1. The molecule has 0 aliphatic heterocycles. The molecule has 1 nitrogen and oxygen atoms in total. The summed E-state index contributed by atoms with van der Waals surface area (Å²) in [6, 6.07) is 10.2. The molecule has 4 heteroatoms. The molecule has 0 aromatic heterocycles. The monoisotopic (exact) mass is 388 g/mol. The van der Waals surface area contributed by atoms with Gasteiger partial charge in [-0.3, -0.25) is 0 Å². The predicted octanol–water partition coefficient (Wildman–Crippen LogP) is 7.91. The molecule has 0 amide bonds. The summed E-state index contributed by atoms with van der Waals surface area (Å²) in [5.74, 6) is -0.365. The summed E-state index contributed by atoms with van der Waals surface area (Å²) in [6.07, 6.45) is 0. The molecule has 0 spiro atoms. The van der Waals surface area contributed by atoms with Crippen LogP contribution < -0.4 is 0 Å². The van der Waals surface area contributed by atoms with Crippen LogP contribution in [0.1, 0.15) is 36.5 Å². The molecular weight excluding hydrogens is 370 g/mol. The van der Waals surface area contributed by atoms with Crippen LogP contribution in [0.5, 0.6) is 0 Å². The quantitative estimate of drug-likeness (QED) is 0.451. The van der Waals surface area contributed by atoms with Gasteiger partial charge in [0.25, 0.3) is 0 Å². The fraction of sp³-hybridized carbons (Fsp3) is 0.182. The molecule has 0 bridgehead atoms. The molecule has 0 radical (unpaired) electrons. The maximum absolute atomic E-state index is 13.7. The van der Waals surface area contributed by atoms with Crippen molar-refractivity contribution in [3.8, 4) is 11.1 Å². The predicted molar refractivity (Wildman–Crippen MR) is 110 cm³/mol. The summed E-state index contributed by atoms with van der Waals surface area (Å²) in [6.45, 7) is 9.94. The number of benzene rings is 3. The molecule has 0 heterocycles. The average molecular weight is 389 g/mol. The first-order valence-electron chi connectivity index (χ1n) is 8.31. The lowest BCUT2D eigenvalue weighted by Crippen LogP contribution is -2.04. The number of hydrogen-bond donors (Lipinski definition) is 1. The molecule has 0 saturated carbocycles. The highest BCUT2D eigenvalue weighted by Crippen LogP contribution is 2.43. The van der Waals surface area contributed by atoms with Crippen molar-refractivity contribution in [2.45, 2.75) is 26.7 Å². The molecule has 3 rings (SSSR count). The molecule has 0 unspecified atom stereocenters. The maximum Gasteiger partial charge on any atom is 0.141 e. The minimum Gasteiger partial charge on any atom is -0.508 e. The van der Waals surface area contributed by atoms with Crippen molar-refractivity contribution >= 4 is 39.7 Å². The molecule has 3 aromatic rings. The average Bonchev–Trinajstić information content (AvgIpc) is 2.56. The molecule has 26 heavy (non-hydrogen) atoms. The van der Waals surface area contributed by atoms with Crippen molar-refractivity contribution < 1.29 is 9.50 Å². The minimum absolute atomic E-state index is 0.0267. The van der Waals surface area contributed by atoms with Crippen molar-refractivity contribution in [2.75, 3.05) is 0 Å². The third kappa shape index (κ3) is 3.08. The van der Waals surface area contributed by atoms with E-state index in [0.29, 0.717) is 16.1 Å². The first-order chi connectivity index (χ1) is 12.2. The van der Waals surface area contributed by atoms with Crippen molar-refractivity contribution in [2.24, 2.45) is 0 Å². The lowest BCUT2D eigenvalue weighted by atomic mass is 9.82. The zero-order chi connectivity index (χ0) is 19.2. The Morgan fingerprint density at radius 1 is 1.08 bits per heavy atom. The van der Waals surface area contributed by atoms with E-state index in [0.717, 1.165) is 27.5 Å². The van der Waals surface area contributed by atoms with Crippen molar-refractivity contribution in [1.29, 1.82) is 0 Å². The van der Waals surface area contributed by atoms with Crippen LogP contribution in [0.4, 0.5) is 4.39 Å². The van der Waals surface area contributed by atoms with Gasteiger partial charge in [0.15, 0.2) is 0 Å². The topological polar surface area (TPSA) is 20.2 Å². The Morgan fingerprint density at radius 2 is 1.77 bits per heavy atom. The lowest BCUT2D eigenvalue weighted by Gasteiger charge is -2.23. The number of aryl methyl sites for hydroxylation is 1. The van der Waals surface area contributed by atoms with Gasteiger partial charge in [-0.15, -0.1) is 0 Å². The van der Waals surface area contributed by atoms with Crippen LogP contribution in [-0.2, 0) is 0 Å². The smallest absolute Gasteiger partial charge is 0.141 e. The van der Waals surface area contributed by atoms with Gasteiger partial charge in [-0.05, 0) is 64.6 Å². The second-order valence-corrected chi connectivity index (χ2v) is 7.55.